The van der Waals surface area contributed by atoms with Crippen LogP contribution < -0.4 is 15.4 Å². The first-order chi connectivity index (χ1) is 9.21. The van der Waals surface area contributed by atoms with Crippen LogP contribution in [0.15, 0.2) is 0 Å². The van der Waals surface area contributed by atoms with Crippen molar-refractivity contribution in [3.63, 3.8) is 0 Å². The molecule has 0 aromatic carbocycles. The molecule has 1 aromatic rings. The first-order valence-electron chi connectivity index (χ1n) is 7.01. The Kier molecular flexibility index (Phi) is 4.76. The van der Waals surface area contributed by atoms with Crippen molar-refractivity contribution < 1.29 is 4.74 Å². The molecule has 1 fully saturated rings. The van der Waals surface area contributed by atoms with Crippen molar-refractivity contribution in [3.05, 3.63) is 0 Å². The lowest BCUT2D eigenvalue weighted by Crippen LogP contribution is -2.18. The highest BCUT2D eigenvalue weighted by atomic mass is 16.5. The molecule has 0 spiro atoms. The summed E-state index contributed by atoms with van der Waals surface area (Å²) in [6, 6.07) is 0.809. The maximum atomic E-state index is 5.12. The molecule has 0 radical (unpaired) electrons. The maximum Gasteiger partial charge on any atom is 0.322 e. The van der Waals surface area contributed by atoms with Crippen molar-refractivity contribution in [2.75, 3.05) is 24.3 Å². The van der Waals surface area contributed by atoms with Crippen LogP contribution in [0.2, 0.25) is 0 Å². The zero-order chi connectivity index (χ0) is 13.7. The lowest BCUT2D eigenvalue weighted by Gasteiger charge is -2.13. The van der Waals surface area contributed by atoms with E-state index in [1.54, 1.807) is 7.11 Å². The van der Waals surface area contributed by atoms with Gasteiger partial charge in [0, 0.05) is 12.6 Å². The lowest BCUT2D eigenvalue weighted by molar-refractivity contribution is 0.379. The highest BCUT2D eigenvalue weighted by molar-refractivity contribution is 5.36. The zero-order valence-electron chi connectivity index (χ0n) is 11.9. The fraction of sp³-hybridized carbons (Fsp3) is 0.769. The van der Waals surface area contributed by atoms with Crippen LogP contribution in [0.3, 0.4) is 0 Å². The number of nitrogens with zero attached hydrogens (tertiary/aromatic N) is 3. The Morgan fingerprint density at radius 3 is 2.63 bits per heavy atom. The van der Waals surface area contributed by atoms with Crippen LogP contribution in [0.1, 0.15) is 39.5 Å². The molecule has 2 unspecified atom stereocenters. The number of hydrogen-bond donors (Lipinski definition) is 2. The SMILES string of the molecule is CCCNc1nc(NC2CCC(C)C2)nc(OC)n1. The number of nitrogens with one attached hydrogen (secondary N) is 2. The second-order valence-electron chi connectivity index (χ2n) is 5.16. The quantitative estimate of drug-likeness (QED) is 0.822. The third-order valence-corrected chi connectivity index (χ3v) is 3.36. The van der Waals surface area contributed by atoms with Gasteiger partial charge in [-0.3, -0.25) is 0 Å². The van der Waals surface area contributed by atoms with Crippen LogP contribution in [0.25, 0.3) is 0 Å². The fourth-order valence-electron chi connectivity index (χ4n) is 2.35. The Hall–Kier alpha value is -1.59. The van der Waals surface area contributed by atoms with Crippen molar-refractivity contribution in [2.45, 2.75) is 45.6 Å². The first kappa shape index (κ1) is 13.8. The minimum absolute atomic E-state index is 0.349. The molecule has 106 valence electrons. The monoisotopic (exact) mass is 265 g/mol. The van der Waals surface area contributed by atoms with Gasteiger partial charge < -0.3 is 15.4 Å². The molecule has 6 nitrogen and oxygen atoms in total. The fourth-order valence-corrected chi connectivity index (χ4v) is 2.35. The van der Waals surface area contributed by atoms with Gasteiger partial charge in [-0.15, -0.1) is 0 Å². The van der Waals surface area contributed by atoms with Crippen LogP contribution in [0.4, 0.5) is 11.9 Å². The Bertz CT molecular complexity index is 412. The van der Waals surface area contributed by atoms with Gasteiger partial charge in [-0.1, -0.05) is 13.8 Å². The van der Waals surface area contributed by atoms with E-state index in [4.69, 9.17) is 4.74 Å². The predicted molar refractivity (Wildman–Crippen MR) is 75.6 cm³/mol. The average Bonchev–Trinajstić information content (AvgIpc) is 2.81. The van der Waals surface area contributed by atoms with E-state index >= 15 is 0 Å². The van der Waals surface area contributed by atoms with E-state index in [1.807, 2.05) is 0 Å². The van der Waals surface area contributed by atoms with E-state index in [2.05, 4.69) is 39.4 Å². The number of hydrogen-bond acceptors (Lipinski definition) is 6. The normalized spacial score (nSPS) is 22.3. The van der Waals surface area contributed by atoms with Crippen molar-refractivity contribution >= 4 is 11.9 Å². The summed E-state index contributed by atoms with van der Waals surface area (Å²) in [4.78, 5) is 12.8. The summed E-state index contributed by atoms with van der Waals surface area (Å²) in [5.41, 5.74) is 0. The van der Waals surface area contributed by atoms with Gasteiger partial charge in [0.05, 0.1) is 7.11 Å². The summed E-state index contributed by atoms with van der Waals surface area (Å²) in [6.45, 7) is 5.22. The van der Waals surface area contributed by atoms with Crippen LogP contribution >= 0.6 is 0 Å². The maximum absolute atomic E-state index is 5.12. The van der Waals surface area contributed by atoms with Gasteiger partial charge in [-0.2, -0.15) is 15.0 Å². The summed E-state index contributed by atoms with van der Waals surface area (Å²) < 4.78 is 5.12. The molecule has 2 N–H and O–H groups in total. The highest BCUT2D eigenvalue weighted by Crippen LogP contribution is 2.27. The van der Waals surface area contributed by atoms with Gasteiger partial charge in [0.15, 0.2) is 0 Å². The van der Waals surface area contributed by atoms with Crippen molar-refractivity contribution in [2.24, 2.45) is 5.92 Å². The van der Waals surface area contributed by atoms with E-state index in [0.717, 1.165) is 18.9 Å². The molecule has 2 rings (SSSR count). The van der Waals surface area contributed by atoms with Crippen LogP contribution in [-0.4, -0.2) is 34.6 Å². The first-order valence-corrected chi connectivity index (χ1v) is 7.01. The summed E-state index contributed by atoms with van der Waals surface area (Å²) in [5.74, 6) is 1.95. The highest BCUT2D eigenvalue weighted by Gasteiger charge is 2.22. The summed E-state index contributed by atoms with van der Waals surface area (Å²) in [6.07, 6.45) is 4.64. The van der Waals surface area contributed by atoms with Crippen LogP contribution in [-0.2, 0) is 0 Å². The molecule has 6 heteroatoms. The van der Waals surface area contributed by atoms with Crippen molar-refractivity contribution in [3.8, 4) is 6.01 Å². The van der Waals surface area contributed by atoms with Gasteiger partial charge in [-0.25, -0.2) is 0 Å². The van der Waals surface area contributed by atoms with Crippen LogP contribution in [0, 0.1) is 5.92 Å². The molecule has 1 aliphatic rings. The molecular formula is C13H23N5O. The van der Waals surface area contributed by atoms with E-state index in [-0.39, 0.29) is 0 Å². The third kappa shape index (κ3) is 3.94. The minimum Gasteiger partial charge on any atom is -0.467 e. The molecule has 1 heterocycles. The summed E-state index contributed by atoms with van der Waals surface area (Å²) in [7, 11) is 1.57. The molecule has 1 aromatic heterocycles. The van der Waals surface area contributed by atoms with E-state index < -0.39 is 0 Å². The van der Waals surface area contributed by atoms with Gasteiger partial charge in [-0.05, 0) is 31.6 Å². The Balaban J connectivity index is 2.05. The van der Waals surface area contributed by atoms with E-state index in [0.29, 0.717) is 23.9 Å². The number of rotatable bonds is 6. The largest absolute Gasteiger partial charge is 0.467 e. The Morgan fingerprint density at radius 1 is 1.21 bits per heavy atom. The number of methoxy groups -OCH3 is 1. The number of anilines is 2. The van der Waals surface area contributed by atoms with Crippen LogP contribution in [0.5, 0.6) is 6.01 Å². The zero-order valence-corrected chi connectivity index (χ0v) is 11.9. The van der Waals surface area contributed by atoms with Crippen molar-refractivity contribution in [1.29, 1.82) is 0 Å². The molecule has 0 aliphatic heterocycles. The van der Waals surface area contributed by atoms with E-state index in [1.165, 1.54) is 19.3 Å². The molecule has 19 heavy (non-hydrogen) atoms. The molecule has 1 aliphatic carbocycles. The Morgan fingerprint density at radius 2 is 2.00 bits per heavy atom. The van der Waals surface area contributed by atoms with Gasteiger partial charge in [0.25, 0.3) is 0 Å². The van der Waals surface area contributed by atoms with Gasteiger partial charge >= 0.3 is 6.01 Å². The van der Waals surface area contributed by atoms with Gasteiger partial charge in [0.2, 0.25) is 11.9 Å². The lowest BCUT2D eigenvalue weighted by atomic mass is 10.1. The van der Waals surface area contributed by atoms with Gasteiger partial charge in [0.1, 0.15) is 0 Å². The molecule has 0 saturated heterocycles. The third-order valence-electron chi connectivity index (χ3n) is 3.36. The number of ether oxygens (including phenoxy) is 1. The number of aromatic nitrogens is 3. The molecule has 0 amide bonds. The predicted octanol–water partition coefficient (Wildman–Crippen LogP) is 2.30. The molecule has 0 bridgehead atoms. The topological polar surface area (TPSA) is 72.0 Å². The summed E-state index contributed by atoms with van der Waals surface area (Å²) >= 11 is 0. The van der Waals surface area contributed by atoms with E-state index in [9.17, 15) is 0 Å². The second kappa shape index (κ2) is 6.54. The standard InChI is InChI=1S/C13H23N5O/c1-4-7-14-11-16-12(18-13(17-11)19-3)15-10-6-5-9(2)8-10/h9-10H,4-8H2,1-3H3,(H2,14,15,16,17,18). The summed E-state index contributed by atoms with van der Waals surface area (Å²) in [5, 5.41) is 6.54. The smallest absolute Gasteiger partial charge is 0.322 e. The average molecular weight is 265 g/mol. The minimum atomic E-state index is 0.349. The van der Waals surface area contributed by atoms with Crippen molar-refractivity contribution in [1.82, 2.24) is 15.0 Å². The molecule has 2 atom stereocenters. The molecular weight excluding hydrogens is 242 g/mol. The second-order valence-corrected chi connectivity index (χ2v) is 5.16. The molecule has 1 saturated carbocycles. The Labute approximate surface area is 114 Å².